The summed E-state index contributed by atoms with van der Waals surface area (Å²) in [5, 5.41) is 10.6. The van der Waals surface area contributed by atoms with Crippen molar-refractivity contribution in [3.8, 4) is 0 Å². The summed E-state index contributed by atoms with van der Waals surface area (Å²) in [4.78, 5) is 46.8. The first-order chi connectivity index (χ1) is 15.2. The second kappa shape index (κ2) is 9.65. The van der Waals surface area contributed by atoms with Crippen LogP contribution in [0.25, 0.3) is 5.78 Å². The molecule has 3 aromatic heterocycles. The molecule has 10 nitrogen and oxygen atoms in total. The van der Waals surface area contributed by atoms with E-state index in [1.54, 1.807) is 18.4 Å². The van der Waals surface area contributed by atoms with Gasteiger partial charge >= 0.3 is 5.97 Å². The molecule has 0 atom stereocenters. The fourth-order valence-electron chi connectivity index (χ4n) is 3.24. The normalized spacial score (nSPS) is 10.9. The quantitative estimate of drug-likeness (QED) is 0.393. The molecule has 170 valence electrons. The number of rotatable bonds is 7. The second-order valence-corrected chi connectivity index (χ2v) is 8.65. The van der Waals surface area contributed by atoms with Crippen LogP contribution in [0.1, 0.15) is 49.5 Å². The average Bonchev–Trinajstić information content (AvgIpc) is 3.31. The lowest BCUT2D eigenvalue weighted by molar-refractivity contribution is -0.115. The Morgan fingerprint density at radius 3 is 2.53 bits per heavy atom. The fraction of sp³-hybridized carbons (Fsp3) is 0.400. The van der Waals surface area contributed by atoms with Gasteiger partial charge in [-0.3, -0.25) is 9.59 Å². The van der Waals surface area contributed by atoms with Gasteiger partial charge < -0.3 is 15.4 Å². The van der Waals surface area contributed by atoms with E-state index in [1.165, 1.54) is 18.8 Å². The molecular formula is C20H24N6O4S2. The summed E-state index contributed by atoms with van der Waals surface area (Å²) < 4.78 is 6.75. The monoisotopic (exact) mass is 476 g/mol. The maximum Gasteiger partial charge on any atom is 0.341 e. The van der Waals surface area contributed by atoms with Crippen molar-refractivity contribution in [2.75, 3.05) is 25.2 Å². The molecule has 0 aliphatic rings. The minimum absolute atomic E-state index is 0.0174. The number of esters is 1. The van der Waals surface area contributed by atoms with Crippen LogP contribution in [0, 0.1) is 20.8 Å². The predicted octanol–water partition coefficient (Wildman–Crippen LogP) is 2.55. The number of carbonyl (C=O) groups is 3. The Hall–Kier alpha value is -2.99. The van der Waals surface area contributed by atoms with Gasteiger partial charge in [0.25, 0.3) is 11.7 Å². The first-order valence-electron chi connectivity index (χ1n) is 9.81. The number of carbonyl (C=O) groups excluding carboxylic acids is 3. The topological polar surface area (TPSA) is 128 Å². The zero-order valence-electron chi connectivity index (χ0n) is 18.7. The first kappa shape index (κ1) is 23.7. The molecule has 2 N–H and O–H groups in total. The molecular weight excluding hydrogens is 452 g/mol. The third-order valence-electron chi connectivity index (χ3n) is 4.86. The zero-order chi connectivity index (χ0) is 23.6. The Morgan fingerprint density at radius 1 is 1.19 bits per heavy atom. The number of aryl methyl sites for hydroxylation is 2. The molecule has 12 heteroatoms. The second-order valence-electron chi connectivity index (χ2n) is 6.86. The van der Waals surface area contributed by atoms with Crippen molar-refractivity contribution in [3.05, 3.63) is 33.0 Å². The van der Waals surface area contributed by atoms with E-state index in [0.29, 0.717) is 32.6 Å². The van der Waals surface area contributed by atoms with Crippen LogP contribution in [0.5, 0.6) is 0 Å². The summed E-state index contributed by atoms with van der Waals surface area (Å²) >= 11 is 2.45. The Kier molecular flexibility index (Phi) is 7.14. The molecule has 0 bridgehead atoms. The zero-order valence-corrected chi connectivity index (χ0v) is 20.3. The standard InChI is InChI=1S/C20H24N6O4S2/c1-7-30-18(29)14-9(2)15(16(28)21-5)32-17(14)23-13(27)8-12-10(3)22-19-24-20(31-6)25-26(19)11(12)4/h7-8H2,1-6H3,(H,21,28)(H,23,27). The van der Waals surface area contributed by atoms with Gasteiger partial charge in [-0.05, 0) is 39.5 Å². The highest BCUT2D eigenvalue weighted by molar-refractivity contribution is 7.98. The van der Waals surface area contributed by atoms with Gasteiger partial charge in [0.1, 0.15) is 5.00 Å². The number of aromatic nitrogens is 4. The number of nitrogens with one attached hydrogen (secondary N) is 2. The van der Waals surface area contributed by atoms with Crippen molar-refractivity contribution in [1.29, 1.82) is 0 Å². The molecule has 0 spiro atoms. The van der Waals surface area contributed by atoms with Crippen LogP contribution in [0.15, 0.2) is 5.16 Å². The molecule has 0 saturated heterocycles. The van der Waals surface area contributed by atoms with E-state index in [0.717, 1.165) is 17.0 Å². The Labute approximate surface area is 193 Å². The summed E-state index contributed by atoms with van der Waals surface area (Å²) in [5.74, 6) is -0.801. The lowest BCUT2D eigenvalue weighted by atomic mass is 10.1. The number of ether oxygens (including phenoxy) is 1. The molecule has 0 aliphatic heterocycles. The summed E-state index contributed by atoms with van der Waals surface area (Å²) in [6.45, 7) is 7.19. The maximum absolute atomic E-state index is 12.9. The smallest absolute Gasteiger partial charge is 0.341 e. The maximum atomic E-state index is 12.9. The van der Waals surface area contributed by atoms with Crippen molar-refractivity contribution in [1.82, 2.24) is 24.9 Å². The summed E-state index contributed by atoms with van der Waals surface area (Å²) in [6, 6.07) is 0. The Morgan fingerprint density at radius 2 is 1.91 bits per heavy atom. The number of anilines is 1. The van der Waals surface area contributed by atoms with E-state index < -0.39 is 5.97 Å². The van der Waals surface area contributed by atoms with Crippen molar-refractivity contribution in [2.45, 2.75) is 39.3 Å². The predicted molar refractivity (Wildman–Crippen MR) is 123 cm³/mol. The van der Waals surface area contributed by atoms with Crippen molar-refractivity contribution in [2.24, 2.45) is 0 Å². The third-order valence-corrected chi connectivity index (χ3v) is 6.61. The number of thiophene rings is 1. The highest BCUT2D eigenvalue weighted by Crippen LogP contribution is 2.34. The highest BCUT2D eigenvalue weighted by Gasteiger charge is 2.26. The van der Waals surface area contributed by atoms with Gasteiger partial charge in [-0.15, -0.1) is 16.4 Å². The number of hydrogen-bond donors (Lipinski definition) is 2. The molecule has 0 radical (unpaired) electrons. The number of fused-ring (bicyclic) bond motifs is 1. The lowest BCUT2D eigenvalue weighted by Gasteiger charge is -2.11. The molecule has 0 saturated carbocycles. The Balaban J connectivity index is 1.94. The number of nitrogens with zero attached hydrogens (tertiary/aromatic N) is 4. The minimum atomic E-state index is -0.589. The Bertz CT molecular complexity index is 1220. The van der Waals surface area contributed by atoms with Crippen LogP contribution < -0.4 is 10.6 Å². The van der Waals surface area contributed by atoms with Gasteiger partial charge in [0.15, 0.2) is 0 Å². The van der Waals surface area contributed by atoms with E-state index in [-0.39, 0.29) is 35.4 Å². The van der Waals surface area contributed by atoms with Crippen LogP contribution in [-0.4, -0.2) is 57.3 Å². The van der Waals surface area contributed by atoms with Gasteiger partial charge in [-0.25, -0.2) is 14.3 Å². The van der Waals surface area contributed by atoms with Crippen LogP contribution >= 0.6 is 23.1 Å². The van der Waals surface area contributed by atoms with Crippen LogP contribution in [-0.2, 0) is 16.0 Å². The molecule has 3 aromatic rings. The van der Waals surface area contributed by atoms with E-state index in [1.807, 2.05) is 20.1 Å². The lowest BCUT2D eigenvalue weighted by Crippen LogP contribution is -2.19. The molecule has 3 heterocycles. The molecule has 0 aliphatic carbocycles. The van der Waals surface area contributed by atoms with Gasteiger partial charge in [0.05, 0.1) is 23.5 Å². The van der Waals surface area contributed by atoms with Gasteiger partial charge in [0, 0.05) is 24.0 Å². The third kappa shape index (κ3) is 4.46. The molecule has 3 rings (SSSR count). The van der Waals surface area contributed by atoms with Gasteiger partial charge in [-0.1, -0.05) is 11.8 Å². The average molecular weight is 477 g/mol. The van der Waals surface area contributed by atoms with Crippen molar-refractivity contribution >= 4 is 51.7 Å². The summed E-state index contributed by atoms with van der Waals surface area (Å²) in [7, 11) is 1.51. The number of hydrogen-bond acceptors (Lipinski definition) is 9. The summed E-state index contributed by atoms with van der Waals surface area (Å²) in [6.07, 6.45) is 1.89. The minimum Gasteiger partial charge on any atom is -0.462 e. The van der Waals surface area contributed by atoms with Crippen LogP contribution in [0.4, 0.5) is 5.00 Å². The molecule has 0 aromatic carbocycles. The van der Waals surface area contributed by atoms with Crippen LogP contribution in [0.3, 0.4) is 0 Å². The van der Waals surface area contributed by atoms with Crippen molar-refractivity contribution in [3.63, 3.8) is 0 Å². The van der Waals surface area contributed by atoms with E-state index >= 15 is 0 Å². The molecule has 0 unspecified atom stereocenters. The van der Waals surface area contributed by atoms with E-state index in [4.69, 9.17) is 4.74 Å². The largest absolute Gasteiger partial charge is 0.462 e. The molecule has 2 amide bonds. The van der Waals surface area contributed by atoms with E-state index in [9.17, 15) is 14.4 Å². The highest BCUT2D eigenvalue weighted by atomic mass is 32.2. The van der Waals surface area contributed by atoms with Crippen molar-refractivity contribution < 1.29 is 19.1 Å². The van der Waals surface area contributed by atoms with E-state index in [2.05, 4.69) is 25.7 Å². The fourth-order valence-corrected chi connectivity index (χ4v) is 4.74. The summed E-state index contributed by atoms with van der Waals surface area (Å²) in [5.41, 5.74) is 2.79. The molecule has 32 heavy (non-hydrogen) atoms. The van der Waals surface area contributed by atoms with Gasteiger partial charge in [-0.2, -0.15) is 4.98 Å². The first-order valence-corrected chi connectivity index (χ1v) is 11.8. The van der Waals surface area contributed by atoms with Crippen LogP contribution in [0.2, 0.25) is 0 Å². The number of amides is 2. The number of thioether (sulfide) groups is 1. The SMILES string of the molecule is CCOC(=O)c1c(NC(=O)Cc2c(C)nc3nc(SC)nn3c2C)sc(C(=O)NC)c1C. The van der Waals surface area contributed by atoms with Gasteiger partial charge in [0.2, 0.25) is 11.1 Å². The molecule has 0 fully saturated rings.